The lowest BCUT2D eigenvalue weighted by Gasteiger charge is -2.41. The minimum absolute atomic E-state index is 0.162. The first-order valence-corrected chi connectivity index (χ1v) is 10.8. The molecule has 1 aliphatic heterocycles. The van der Waals surface area contributed by atoms with Crippen molar-refractivity contribution in [2.45, 2.75) is 77.4 Å². The molecule has 164 valence electrons. The molecule has 6 heteroatoms. The van der Waals surface area contributed by atoms with Crippen LogP contribution in [0.2, 0.25) is 0 Å². The van der Waals surface area contributed by atoms with E-state index in [1.54, 1.807) is 0 Å². The maximum Gasteiger partial charge on any atom is 0.410 e. The average molecular weight is 413 g/mol. The highest BCUT2D eigenvalue weighted by Gasteiger charge is 2.41. The lowest BCUT2D eigenvalue weighted by atomic mass is 9.71. The van der Waals surface area contributed by atoms with E-state index in [4.69, 9.17) is 15.6 Å². The molecule has 1 saturated heterocycles. The second-order valence-corrected chi connectivity index (χ2v) is 10.4. The first-order chi connectivity index (χ1) is 13.9. The van der Waals surface area contributed by atoms with E-state index in [0.717, 1.165) is 25.0 Å². The highest BCUT2D eigenvalue weighted by Crippen LogP contribution is 2.40. The first kappa shape index (κ1) is 22.2. The van der Waals surface area contributed by atoms with Crippen molar-refractivity contribution in [3.8, 4) is 0 Å². The number of nitrogen functional groups attached to an aromatic ring is 1. The summed E-state index contributed by atoms with van der Waals surface area (Å²) in [5.74, 6) is 0.680. The number of hydrogen-bond donors (Lipinski definition) is 1. The number of amides is 1. The van der Waals surface area contributed by atoms with Crippen LogP contribution in [-0.2, 0) is 22.1 Å². The number of likely N-dealkylation sites (tertiary alicyclic amines) is 1. The maximum atomic E-state index is 12.6. The number of rotatable bonds is 3. The van der Waals surface area contributed by atoms with Gasteiger partial charge in [-0.25, -0.2) is 9.48 Å². The third-order valence-corrected chi connectivity index (χ3v) is 5.67. The van der Waals surface area contributed by atoms with Crippen LogP contribution in [-0.4, -0.2) is 39.5 Å². The van der Waals surface area contributed by atoms with Crippen LogP contribution >= 0.6 is 0 Å². The van der Waals surface area contributed by atoms with Crippen LogP contribution in [0.15, 0.2) is 36.4 Å². The molecule has 0 radical (unpaired) electrons. The Morgan fingerprint density at radius 3 is 2.20 bits per heavy atom. The Hall–Kier alpha value is -2.50. The summed E-state index contributed by atoms with van der Waals surface area (Å²) in [5, 5.41) is 4.96. The summed E-state index contributed by atoms with van der Waals surface area (Å²) in [7, 11) is 0. The molecule has 2 heterocycles. The number of nitrogens with zero attached hydrogens (tertiary/aromatic N) is 3. The molecule has 1 aliphatic rings. The average Bonchev–Trinajstić information content (AvgIpc) is 3.04. The molecule has 2 N–H and O–H groups in total. The summed E-state index contributed by atoms with van der Waals surface area (Å²) in [4.78, 5) is 14.4. The lowest BCUT2D eigenvalue weighted by Crippen LogP contribution is -2.48. The zero-order valence-corrected chi connectivity index (χ0v) is 19.2. The number of ether oxygens (including phenoxy) is 1. The van der Waals surface area contributed by atoms with Crippen molar-refractivity contribution in [2.75, 3.05) is 18.8 Å². The smallest absolute Gasteiger partial charge is 0.410 e. The van der Waals surface area contributed by atoms with Gasteiger partial charge in [-0.2, -0.15) is 5.10 Å². The van der Waals surface area contributed by atoms with Crippen LogP contribution < -0.4 is 5.73 Å². The van der Waals surface area contributed by atoms with Gasteiger partial charge < -0.3 is 15.4 Å². The number of benzene rings is 1. The predicted molar refractivity (Wildman–Crippen MR) is 121 cm³/mol. The largest absolute Gasteiger partial charge is 0.444 e. The standard InChI is InChI=1S/C24H36N4O2/c1-22(2,3)28-20(25)16-19(26-28)24(17-18-10-8-7-9-11-18)12-14-27(15-13-24)21(29)30-23(4,5)6/h7-11,16H,12-15,17,25H2,1-6H3. The van der Waals surface area contributed by atoms with Crippen LogP contribution in [0.3, 0.4) is 0 Å². The number of anilines is 1. The zero-order chi connectivity index (χ0) is 22.2. The van der Waals surface area contributed by atoms with E-state index in [0.29, 0.717) is 18.9 Å². The second kappa shape index (κ2) is 7.97. The van der Waals surface area contributed by atoms with Gasteiger partial charge in [0, 0.05) is 24.6 Å². The van der Waals surface area contributed by atoms with Crippen LogP contribution in [0, 0.1) is 0 Å². The summed E-state index contributed by atoms with van der Waals surface area (Å²) in [6.45, 7) is 13.3. The van der Waals surface area contributed by atoms with E-state index >= 15 is 0 Å². The fourth-order valence-electron chi connectivity index (χ4n) is 4.15. The zero-order valence-electron chi connectivity index (χ0n) is 19.2. The molecule has 0 atom stereocenters. The van der Waals surface area contributed by atoms with Gasteiger partial charge in [0.2, 0.25) is 0 Å². The van der Waals surface area contributed by atoms with Crippen molar-refractivity contribution in [1.29, 1.82) is 0 Å². The topological polar surface area (TPSA) is 73.4 Å². The van der Waals surface area contributed by atoms with E-state index in [9.17, 15) is 4.79 Å². The van der Waals surface area contributed by atoms with Gasteiger partial charge in [0.15, 0.2) is 0 Å². The van der Waals surface area contributed by atoms with Gasteiger partial charge in [-0.3, -0.25) is 0 Å². The molecule has 3 rings (SSSR count). The van der Waals surface area contributed by atoms with Gasteiger partial charge in [-0.15, -0.1) is 0 Å². The highest BCUT2D eigenvalue weighted by atomic mass is 16.6. The summed E-state index contributed by atoms with van der Waals surface area (Å²) >= 11 is 0. The monoisotopic (exact) mass is 412 g/mol. The number of hydrogen-bond acceptors (Lipinski definition) is 4. The fraction of sp³-hybridized carbons (Fsp3) is 0.583. The minimum atomic E-state index is -0.490. The summed E-state index contributed by atoms with van der Waals surface area (Å²) < 4.78 is 7.50. The number of nitrogens with two attached hydrogens (primary N) is 1. The van der Waals surface area contributed by atoms with E-state index in [2.05, 4.69) is 45.0 Å². The van der Waals surface area contributed by atoms with Crippen LogP contribution in [0.4, 0.5) is 10.6 Å². The Bertz CT molecular complexity index is 867. The number of aromatic nitrogens is 2. The molecule has 30 heavy (non-hydrogen) atoms. The van der Waals surface area contributed by atoms with E-state index in [-0.39, 0.29) is 17.0 Å². The Kier molecular flexibility index (Phi) is 5.89. The molecule has 0 bridgehead atoms. The van der Waals surface area contributed by atoms with Gasteiger partial charge in [0.1, 0.15) is 11.4 Å². The van der Waals surface area contributed by atoms with Gasteiger partial charge in [-0.1, -0.05) is 30.3 Å². The Morgan fingerprint density at radius 2 is 1.70 bits per heavy atom. The van der Waals surface area contributed by atoms with Crippen molar-refractivity contribution in [2.24, 2.45) is 0 Å². The van der Waals surface area contributed by atoms with Crippen LogP contribution in [0.25, 0.3) is 0 Å². The Labute approximate surface area is 180 Å². The molecule has 0 unspecified atom stereocenters. The normalized spacial score (nSPS) is 17.1. The molecular weight excluding hydrogens is 376 g/mol. The van der Waals surface area contributed by atoms with Crippen molar-refractivity contribution in [1.82, 2.24) is 14.7 Å². The number of carbonyl (C=O) groups excluding carboxylic acids is 1. The summed E-state index contributed by atoms with van der Waals surface area (Å²) in [6, 6.07) is 12.5. The number of piperidine rings is 1. The SMILES string of the molecule is CC(C)(C)OC(=O)N1CCC(Cc2ccccc2)(c2cc(N)n(C(C)(C)C)n2)CC1. The molecule has 0 aliphatic carbocycles. The lowest BCUT2D eigenvalue weighted by molar-refractivity contribution is 0.0160. The quantitative estimate of drug-likeness (QED) is 0.791. The van der Waals surface area contributed by atoms with Gasteiger partial charge >= 0.3 is 6.09 Å². The molecule has 0 saturated carbocycles. The summed E-state index contributed by atoms with van der Waals surface area (Å²) in [5.41, 5.74) is 7.79. The number of carbonyl (C=O) groups is 1. The molecule has 0 spiro atoms. The Morgan fingerprint density at radius 1 is 1.10 bits per heavy atom. The molecule has 1 aromatic heterocycles. The third kappa shape index (κ3) is 4.97. The van der Waals surface area contributed by atoms with Crippen molar-refractivity contribution >= 4 is 11.9 Å². The van der Waals surface area contributed by atoms with E-state index in [1.165, 1.54) is 5.56 Å². The molecular formula is C24H36N4O2. The molecule has 2 aromatic rings. The van der Waals surface area contributed by atoms with Crippen molar-refractivity contribution < 1.29 is 9.53 Å². The third-order valence-electron chi connectivity index (χ3n) is 5.67. The van der Waals surface area contributed by atoms with Crippen LogP contribution in [0.1, 0.15) is 65.6 Å². The minimum Gasteiger partial charge on any atom is -0.444 e. The molecule has 1 amide bonds. The highest BCUT2D eigenvalue weighted by molar-refractivity contribution is 5.68. The van der Waals surface area contributed by atoms with Gasteiger partial charge in [0.05, 0.1) is 11.2 Å². The van der Waals surface area contributed by atoms with E-state index in [1.807, 2.05) is 42.5 Å². The molecule has 1 fully saturated rings. The first-order valence-electron chi connectivity index (χ1n) is 10.8. The van der Waals surface area contributed by atoms with Gasteiger partial charge in [-0.05, 0) is 66.4 Å². The second-order valence-electron chi connectivity index (χ2n) is 10.4. The molecule has 1 aromatic carbocycles. The van der Waals surface area contributed by atoms with Gasteiger partial charge in [0.25, 0.3) is 0 Å². The van der Waals surface area contributed by atoms with Crippen molar-refractivity contribution in [3.05, 3.63) is 47.7 Å². The summed E-state index contributed by atoms with van der Waals surface area (Å²) in [6.07, 6.45) is 2.27. The van der Waals surface area contributed by atoms with Crippen LogP contribution in [0.5, 0.6) is 0 Å². The molecule has 6 nitrogen and oxygen atoms in total. The fourth-order valence-corrected chi connectivity index (χ4v) is 4.15. The Balaban J connectivity index is 1.89. The van der Waals surface area contributed by atoms with E-state index < -0.39 is 5.60 Å². The predicted octanol–water partition coefficient (Wildman–Crippen LogP) is 4.73. The maximum absolute atomic E-state index is 12.6. The van der Waals surface area contributed by atoms with Crippen molar-refractivity contribution in [3.63, 3.8) is 0 Å².